The summed E-state index contributed by atoms with van der Waals surface area (Å²) >= 11 is 3.01. The summed E-state index contributed by atoms with van der Waals surface area (Å²) < 4.78 is 0. The summed E-state index contributed by atoms with van der Waals surface area (Å²) in [6.07, 6.45) is 2.52. The lowest BCUT2D eigenvalue weighted by atomic mass is 10.1. The Morgan fingerprint density at radius 2 is 1.87 bits per heavy atom. The number of hydrogen-bond donors (Lipinski definition) is 2. The van der Waals surface area contributed by atoms with E-state index in [4.69, 9.17) is 0 Å². The van der Waals surface area contributed by atoms with E-state index in [1.54, 1.807) is 17.8 Å². The van der Waals surface area contributed by atoms with Gasteiger partial charge in [0.2, 0.25) is 5.91 Å². The van der Waals surface area contributed by atoms with Crippen molar-refractivity contribution >= 4 is 40.0 Å². The molecule has 0 saturated carbocycles. The number of nitrogens with zero attached hydrogens (tertiary/aromatic N) is 1. The van der Waals surface area contributed by atoms with E-state index in [2.05, 4.69) is 15.6 Å². The van der Waals surface area contributed by atoms with E-state index in [1.165, 1.54) is 16.9 Å². The molecule has 5 nitrogen and oxygen atoms in total. The molecule has 2 aromatic carbocycles. The lowest BCUT2D eigenvalue weighted by molar-refractivity contribution is -0.118. The lowest BCUT2D eigenvalue weighted by Crippen LogP contribution is -2.44. The van der Waals surface area contributed by atoms with Crippen LogP contribution in [0.3, 0.4) is 0 Å². The molecule has 0 aliphatic rings. The van der Waals surface area contributed by atoms with Crippen LogP contribution in [0.15, 0.2) is 53.9 Å². The molecule has 7 heteroatoms. The molecule has 0 radical (unpaired) electrons. The molecule has 30 heavy (non-hydrogen) atoms. The van der Waals surface area contributed by atoms with E-state index in [0.717, 1.165) is 22.6 Å². The van der Waals surface area contributed by atoms with Crippen LogP contribution in [0.5, 0.6) is 0 Å². The Hall–Kier alpha value is -2.64. The number of anilines is 1. The largest absolute Gasteiger partial charge is 0.340 e. The van der Waals surface area contributed by atoms with Crippen LogP contribution < -0.4 is 10.6 Å². The number of hydrogen-bond acceptors (Lipinski definition) is 5. The maximum absolute atomic E-state index is 12.9. The summed E-state index contributed by atoms with van der Waals surface area (Å²) in [5, 5.41) is 8.18. The number of amides is 2. The van der Waals surface area contributed by atoms with E-state index in [9.17, 15) is 9.59 Å². The molecule has 0 aliphatic heterocycles. The monoisotopic (exact) mass is 439 g/mol. The first-order valence-corrected chi connectivity index (χ1v) is 11.9. The van der Waals surface area contributed by atoms with Crippen molar-refractivity contribution in [1.82, 2.24) is 10.3 Å². The van der Waals surface area contributed by atoms with Crippen molar-refractivity contribution in [2.24, 2.45) is 0 Å². The average Bonchev–Trinajstić information content (AvgIpc) is 3.19. The summed E-state index contributed by atoms with van der Waals surface area (Å²) in [4.78, 5) is 30.0. The van der Waals surface area contributed by atoms with Gasteiger partial charge in [-0.25, -0.2) is 4.98 Å². The molecule has 2 N–H and O–H groups in total. The van der Waals surface area contributed by atoms with Gasteiger partial charge >= 0.3 is 0 Å². The number of thioether (sulfide) groups is 1. The molecule has 0 aliphatic carbocycles. The fourth-order valence-electron chi connectivity index (χ4n) is 2.91. The summed E-state index contributed by atoms with van der Waals surface area (Å²) in [6.45, 7) is 3.97. The maximum Gasteiger partial charge on any atom is 0.251 e. The van der Waals surface area contributed by atoms with Crippen LogP contribution in [0, 0.1) is 13.8 Å². The minimum atomic E-state index is -0.628. The van der Waals surface area contributed by atoms with Crippen LogP contribution in [0.25, 0.3) is 11.3 Å². The highest BCUT2D eigenvalue weighted by Gasteiger charge is 2.22. The second-order valence-electron chi connectivity index (χ2n) is 7.07. The number of nitrogens with one attached hydrogen (secondary N) is 2. The lowest BCUT2D eigenvalue weighted by Gasteiger charge is -2.17. The Kier molecular flexibility index (Phi) is 7.65. The summed E-state index contributed by atoms with van der Waals surface area (Å²) in [7, 11) is 0. The second kappa shape index (κ2) is 10.4. The predicted octanol–water partition coefficient (Wildman–Crippen LogP) is 4.92. The highest BCUT2D eigenvalue weighted by atomic mass is 32.2. The summed E-state index contributed by atoms with van der Waals surface area (Å²) in [5.74, 6) is 0.257. The zero-order valence-corrected chi connectivity index (χ0v) is 18.9. The molecule has 2 amide bonds. The van der Waals surface area contributed by atoms with Gasteiger partial charge in [-0.3, -0.25) is 9.59 Å². The van der Waals surface area contributed by atoms with Gasteiger partial charge in [0.25, 0.3) is 5.91 Å². The number of aryl methyl sites for hydroxylation is 2. The third-order valence-corrected chi connectivity index (χ3v) is 6.00. The molecule has 0 bridgehead atoms. The van der Waals surface area contributed by atoms with Crippen molar-refractivity contribution in [2.75, 3.05) is 17.3 Å². The first-order chi connectivity index (χ1) is 14.5. The Morgan fingerprint density at radius 3 is 2.57 bits per heavy atom. The third-order valence-electron chi connectivity index (χ3n) is 4.59. The van der Waals surface area contributed by atoms with Crippen molar-refractivity contribution in [1.29, 1.82) is 0 Å². The Labute approximate surface area is 185 Å². The quantitative estimate of drug-likeness (QED) is 0.523. The highest BCUT2D eigenvalue weighted by Crippen LogP contribution is 2.25. The summed E-state index contributed by atoms with van der Waals surface area (Å²) in [6, 6.07) is 14.8. The van der Waals surface area contributed by atoms with Crippen LogP contribution >= 0.6 is 23.1 Å². The standard InChI is InChI=1S/C23H25N3O2S2/c1-15-7-9-17(10-8-15)20-14-30-23(25-20)26-22(28)19(11-12-29-3)24-21(27)18-6-4-5-16(2)13-18/h4-10,13-14,19H,11-12H2,1-3H3,(H,24,27)(H,25,26,28)/t19-/m0/s1. The second-order valence-corrected chi connectivity index (χ2v) is 8.91. The molecule has 3 aromatic rings. The molecular weight excluding hydrogens is 414 g/mol. The molecule has 0 unspecified atom stereocenters. The average molecular weight is 440 g/mol. The molecule has 1 heterocycles. The minimum absolute atomic E-state index is 0.251. The SMILES string of the molecule is CSCC[C@H](NC(=O)c1cccc(C)c1)C(=O)Nc1nc(-c2ccc(C)cc2)cs1. The smallest absolute Gasteiger partial charge is 0.251 e. The van der Waals surface area contributed by atoms with Crippen molar-refractivity contribution < 1.29 is 9.59 Å². The Morgan fingerprint density at radius 1 is 1.10 bits per heavy atom. The van der Waals surface area contributed by atoms with Crippen molar-refractivity contribution in [3.63, 3.8) is 0 Å². The number of carbonyl (C=O) groups excluding carboxylic acids is 2. The highest BCUT2D eigenvalue weighted by molar-refractivity contribution is 7.98. The van der Waals surface area contributed by atoms with Crippen molar-refractivity contribution in [2.45, 2.75) is 26.3 Å². The van der Waals surface area contributed by atoms with E-state index in [1.807, 2.05) is 67.9 Å². The van der Waals surface area contributed by atoms with Gasteiger partial charge in [0.05, 0.1) is 5.69 Å². The van der Waals surface area contributed by atoms with Gasteiger partial charge < -0.3 is 10.6 Å². The number of rotatable bonds is 8. The van der Waals surface area contributed by atoms with Gasteiger partial charge in [-0.05, 0) is 44.4 Å². The number of aromatic nitrogens is 1. The molecule has 3 rings (SSSR count). The van der Waals surface area contributed by atoms with Crippen LogP contribution in [-0.4, -0.2) is 34.8 Å². The molecule has 0 saturated heterocycles. The normalized spacial score (nSPS) is 11.7. The fourth-order valence-corrected chi connectivity index (χ4v) is 4.11. The number of carbonyl (C=O) groups is 2. The molecule has 0 spiro atoms. The first kappa shape index (κ1) is 22.1. The zero-order chi connectivity index (χ0) is 21.5. The summed E-state index contributed by atoms with van der Waals surface area (Å²) in [5.41, 5.74) is 4.55. The number of thiazole rings is 1. The van der Waals surface area contributed by atoms with Gasteiger partial charge in [-0.15, -0.1) is 11.3 Å². The Balaban J connectivity index is 1.69. The molecular formula is C23H25N3O2S2. The van der Waals surface area contributed by atoms with Crippen LogP contribution in [0.4, 0.5) is 5.13 Å². The minimum Gasteiger partial charge on any atom is -0.340 e. The van der Waals surface area contributed by atoms with E-state index < -0.39 is 6.04 Å². The fraction of sp³-hybridized carbons (Fsp3) is 0.261. The third kappa shape index (κ3) is 5.93. The molecule has 1 atom stereocenters. The van der Waals surface area contributed by atoms with Gasteiger partial charge in [-0.1, -0.05) is 47.5 Å². The van der Waals surface area contributed by atoms with E-state index in [0.29, 0.717) is 17.1 Å². The zero-order valence-electron chi connectivity index (χ0n) is 17.3. The van der Waals surface area contributed by atoms with Crippen LogP contribution in [0.1, 0.15) is 27.9 Å². The molecule has 0 fully saturated rings. The molecule has 1 aromatic heterocycles. The first-order valence-electron chi connectivity index (χ1n) is 9.66. The predicted molar refractivity (Wildman–Crippen MR) is 126 cm³/mol. The maximum atomic E-state index is 12.9. The van der Waals surface area contributed by atoms with Crippen molar-refractivity contribution in [3.8, 4) is 11.3 Å². The topological polar surface area (TPSA) is 71.1 Å². The van der Waals surface area contributed by atoms with Gasteiger partial charge in [0, 0.05) is 16.5 Å². The van der Waals surface area contributed by atoms with E-state index >= 15 is 0 Å². The molecule has 156 valence electrons. The van der Waals surface area contributed by atoms with Gasteiger partial charge in [0.1, 0.15) is 6.04 Å². The van der Waals surface area contributed by atoms with Crippen LogP contribution in [0.2, 0.25) is 0 Å². The van der Waals surface area contributed by atoms with Crippen molar-refractivity contribution in [3.05, 3.63) is 70.6 Å². The van der Waals surface area contributed by atoms with E-state index in [-0.39, 0.29) is 11.8 Å². The van der Waals surface area contributed by atoms with Gasteiger partial charge in [0.15, 0.2) is 5.13 Å². The number of benzene rings is 2. The Bertz CT molecular complexity index is 1020. The van der Waals surface area contributed by atoms with Crippen LogP contribution in [-0.2, 0) is 4.79 Å². The van der Waals surface area contributed by atoms with Gasteiger partial charge in [-0.2, -0.15) is 11.8 Å².